The molecule has 0 saturated carbocycles. The van der Waals surface area contributed by atoms with Crippen LogP contribution in [-0.2, 0) is 6.54 Å². The number of hydrogen-bond donors (Lipinski definition) is 1. The number of nitrogens with one attached hydrogen (secondary N) is 1. The summed E-state index contributed by atoms with van der Waals surface area (Å²) in [7, 11) is 0. The Morgan fingerprint density at radius 2 is 2.00 bits per heavy atom. The van der Waals surface area contributed by atoms with Crippen LogP contribution in [-0.4, -0.2) is 19.4 Å². The third-order valence-electron chi connectivity index (χ3n) is 3.31. The van der Waals surface area contributed by atoms with Crippen molar-refractivity contribution in [3.8, 4) is 11.5 Å². The average molecular weight is 473 g/mol. The van der Waals surface area contributed by atoms with Crippen molar-refractivity contribution in [3.05, 3.63) is 56.1 Å². The van der Waals surface area contributed by atoms with Crippen LogP contribution in [0.25, 0.3) is 0 Å². The molecule has 0 amide bonds. The summed E-state index contributed by atoms with van der Waals surface area (Å²) in [5.74, 6) is 1.54. The Morgan fingerprint density at radius 3 is 2.72 bits per heavy atom. The molecule has 6 heteroatoms. The third kappa shape index (κ3) is 6.08. The molecule has 0 radical (unpaired) electrons. The van der Waals surface area contributed by atoms with Crippen molar-refractivity contribution < 1.29 is 9.47 Å². The highest BCUT2D eigenvalue weighted by Gasteiger charge is 2.11. The Morgan fingerprint density at radius 1 is 1.20 bits per heavy atom. The number of ether oxygens (including phenoxy) is 2. The van der Waals surface area contributed by atoms with Crippen molar-refractivity contribution in [3.63, 3.8) is 0 Å². The smallest absolute Gasteiger partial charge is 0.174 e. The van der Waals surface area contributed by atoms with Gasteiger partial charge in [-0.2, -0.15) is 5.10 Å². The fraction of sp³-hybridized carbons (Fsp3) is 0.316. The average Bonchev–Trinajstić information content (AvgIpc) is 2.60. The van der Waals surface area contributed by atoms with Crippen molar-refractivity contribution in [2.24, 2.45) is 5.10 Å². The van der Waals surface area contributed by atoms with Gasteiger partial charge in [-0.05, 0) is 65.3 Å². The minimum atomic E-state index is 0.573. The molecule has 0 unspecified atom stereocenters. The van der Waals surface area contributed by atoms with E-state index in [4.69, 9.17) is 21.1 Å². The van der Waals surface area contributed by atoms with E-state index in [1.54, 1.807) is 6.21 Å². The van der Waals surface area contributed by atoms with Crippen LogP contribution in [0.3, 0.4) is 0 Å². The van der Waals surface area contributed by atoms with Gasteiger partial charge in [0, 0.05) is 5.02 Å². The first-order valence-corrected chi connectivity index (χ1v) is 9.69. The molecule has 0 heterocycles. The summed E-state index contributed by atoms with van der Waals surface area (Å²) in [5, 5.41) is 5.01. The first-order chi connectivity index (χ1) is 12.2. The maximum Gasteiger partial charge on any atom is 0.174 e. The molecule has 0 fully saturated rings. The fourth-order valence-electron chi connectivity index (χ4n) is 2.16. The predicted octanol–water partition coefficient (Wildman–Crippen LogP) is 5.26. The third-order valence-corrected chi connectivity index (χ3v) is 4.48. The summed E-state index contributed by atoms with van der Waals surface area (Å²) in [6, 6.07) is 11.7. The lowest BCUT2D eigenvalue weighted by Crippen LogP contribution is -2.06. The number of benzene rings is 2. The lowest BCUT2D eigenvalue weighted by atomic mass is 10.2. The Hall–Kier alpha value is -1.47. The normalized spacial score (nSPS) is 10.9. The van der Waals surface area contributed by atoms with Crippen molar-refractivity contribution in [2.45, 2.75) is 26.8 Å². The number of hydrazone groups is 1. The second kappa shape index (κ2) is 10.5. The highest BCUT2D eigenvalue weighted by Crippen LogP contribution is 2.34. The zero-order valence-corrected chi connectivity index (χ0v) is 17.3. The van der Waals surface area contributed by atoms with Crippen LogP contribution in [0, 0.1) is 3.57 Å². The molecule has 0 aliphatic carbocycles. The first kappa shape index (κ1) is 19.8. The Bertz CT molecular complexity index is 723. The van der Waals surface area contributed by atoms with E-state index >= 15 is 0 Å². The van der Waals surface area contributed by atoms with E-state index in [1.807, 2.05) is 43.3 Å². The summed E-state index contributed by atoms with van der Waals surface area (Å²) in [4.78, 5) is 0. The molecule has 1 N–H and O–H groups in total. The van der Waals surface area contributed by atoms with Gasteiger partial charge in [0.15, 0.2) is 11.5 Å². The second-order valence-electron chi connectivity index (χ2n) is 5.30. The molecule has 2 aromatic rings. The molecule has 0 saturated heterocycles. The fourth-order valence-corrected chi connectivity index (χ4v) is 3.15. The number of halogens is 2. The van der Waals surface area contributed by atoms with Gasteiger partial charge >= 0.3 is 0 Å². The lowest BCUT2D eigenvalue weighted by molar-refractivity contribution is 0.275. The first-order valence-electron chi connectivity index (χ1n) is 8.24. The van der Waals surface area contributed by atoms with Crippen LogP contribution >= 0.6 is 34.2 Å². The number of rotatable bonds is 9. The van der Waals surface area contributed by atoms with Gasteiger partial charge < -0.3 is 14.9 Å². The van der Waals surface area contributed by atoms with E-state index in [-0.39, 0.29) is 0 Å². The van der Waals surface area contributed by atoms with Crippen molar-refractivity contribution in [2.75, 3.05) is 13.2 Å². The molecule has 0 aliphatic heterocycles. The summed E-state index contributed by atoms with van der Waals surface area (Å²) >= 11 is 8.39. The standard InChI is InChI=1S/C19H22ClIN2O2/c1-3-9-25-19-17(21)10-14(11-18(19)24-4-2)12-22-23-13-15-7-5-6-8-16(15)20/h5-8,10-12,23H,3-4,9,13H2,1-2H3/b22-12-. The molecule has 25 heavy (non-hydrogen) atoms. The SMILES string of the molecule is CCCOc1c(I)cc(/C=N\NCc2ccccc2Cl)cc1OCC. The quantitative estimate of drug-likeness (QED) is 0.308. The lowest BCUT2D eigenvalue weighted by Gasteiger charge is -2.14. The van der Waals surface area contributed by atoms with E-state index in [1.165, 1.54) is 0 Å². The van der Waals surface area contributed by atoms with Gasteiger partial charge in [-0.3, -0.25) is 0 Å². The highest BCUT2D eigenvalue weighted by molar-refractivity contribution is 14.1. The Balaban J connectivity index is 2.06. The number of hydrogen-bond acceptors (Lipinski definition) is 4. The van der Waals surface area contributed by atoms with E-state index in [9.17, 15) is 0 Å². The Labute approximate surface area is 167 Å². The van der Waals surface area contributed by atoms with Crippen molar-refractivity contribution in [1.29, 1.82) is 0 Å². The summed E-state index contributed by atoms with van der Waals surface area (Å²) in [6.07, 6.45) is 2.72. The summed E-state index contributed by atoms with van der Waals surface area (Å²) in [5.41, 5.74) is 4.98. The van der Waals surface area contributed by atoms with E-state index in [0.717, 1.165) is 37.6 Å². The monoisotopic (exact) mass is 472 g/mol. The highest BCUT2D eigenvalue weighted by atomic mass is 127. The molecule has 0 spiro atoms. The molecule has 0 bridgehead atoms. The second-order valence-corrected chi connectivity index (χ2v) is 6.87. The molecule has 0 atom stereocenters. The van der Waals surface area contributed by atoms with Crippen LogP contribution in [0.2, 0.25) is 5.02 Å². The van der Waals surface area contributed by atoms with Gasteiger partial charge in [0.05, 0.1) is 29.5 Å². The zero-order chi connectivity index (χ0) is 18.1. The molecular formula is C19H22ClIN2O2. The van der Waals surface area contributed by atoms with Crippen LogP contribution in [0.5, 0.6) is 11.5 Å². The van der Waals surface area contributed by atoms with Gasteiger partial charge in [-0.25, -0.2) is 0 Å². The van der Waals surface area contributed by atoms with Gasteiger partial charge in [0.25, 0.3) is 0 Å². The molecule has 2 rings (SSSR count). The molecule has 4 nitrogen and oxygen atoms in total. The van der Waals surface area contributed by atoms with Crippen molar-refractivity contribution >= 4 is 40.4 Å². The maximum atomic E-state index is 6.13. The van der Waals surface area contributed by atoms with Gasteiger partial charge in [-0.15, -0.1) is 0 Å². The topological polar surface area (TPSA) is 42.8 Å². The molecule has 2 aromatic carbocycles. The number of nitrogens with zero attached hydrogens (tertiary/aromatic N) is 1. The molecule has 0 aliphatic rings. The molecule has 134 valence electrons. The molecule has 0 aromatic heterocycles. The van der Waals surface area contributed by atoms with Crippen LogP contribution in [0.4, 0.5) is 0 Å². The minimum absolute atomic E-state index is 0.573. The predicted molar refractivity (Wildman–Crippen MR) is 112 cm³/mol. The minimum Gasteiger partial charge on any atom is -0.490 e. The maximum absolute atomic E-state index is 6.13. The van der Waals surface area contributed by atoms with Crippen molar-refractivity contribution in [1.82, 2.24) is 5.43 Å². The van der Waals surface area contributed by atoms with E-state index in [2.05, 4.69) is 40.0 Å². The van der Waals surface area contributed by atoms with Gasteiger partial charge in [0.2, 0.25) is 0 Å². The van der Waals surface area contributed by atoms with Crippen LogP contribution < -0.4 is 14.9 Å². The largest absolute Gasteiger partial charge is 0.490 e. The van der Waals surface area contributed by atoms with Crippen LogP contribution in [0.15, 0.2) is 41.5 Å². The zero-order valence-electron chi connectivity index (χ0n) is 14.4. The summed E-state index contributed by atoms with van der Waals surface area (Å²) < 4.78 is 12.5. The van der Waals surface area contributed by atoms with Gasteiger partial charge in [0.1, 0.15) is 0 Å². The Kier molecular flexibility index (Phi) is 8.34. The van der Waals surface area contributed by atoms with Gasteiger partial charge in [-0.1, -0.05) is 36.7 Å². The molecular weight excluding hydrogens is 451 g/mol. The summed E-state index contributed by atoms with van der Waals surface area (Å²) in [6.45, 7) is 5.87. The van der Waals surface area contributed by atoms with Crippen LogP contribution in [0.1, 0.15) is 31.4 Å². The van der Waals surface area contributed by atoms with E-state index < -0.39 is 0 Å². The van der Waals surface area contributed by atoms with E-state index in [0.29, 0.717) is 19.8 Å².